The number of esters is 2. The molecular weight excluding hydrogens is 741 g/mol. The van der Waals surface area contributed by atoms with E-state index < -0.39 is 21.8 Å². The van der Waals surface area contributed by atoms with Gasteiger partial charge in [-0.05, 0) is 122 Å². The van der Waals surface area contributed by atoms with E-state index in [1.165, 1.54) is 48.5 Å². The smallest absolute Gasteiger partial charge is 0.354 e. The summed E-state index contributed by atoms with van der Waals surface area (Å²) in [6.07, 6.45) is 6.01. The highest BCUT2D eigenvalue weighted by Crippen LogP contribution is 2.46. The van der Waals surface area contributed by atoms with Gasteiger partial charge in [-0.2, -0.15) is 21.0 Å². The van der Waals surface area contributed by atoms with E-state index in [1.807, 2.05) is 39.8 Å². The van der Waals surface area contributed by atoms with Crippen molar-refractivity contribution in [2.24, 2.45) is 10.8 Å². The first kappa shape index (κ1) is 40.5. The fourth-order valence-electron chi connectivity index (χ4n) is 8.19. The van der Waals surface area contributed by atoms with Crippen LogP contribution >= 0.6 is 0 Å². The molecule has 0 amide bonds. The zero-order valence-corrected chi connectivity index (χ0v) is 33.5. The van der Waals surface area contributed by atoms with E-state index >= 15 is 0 Å². The predicted octanol–water partition coefficient (Wildman–Crippen LogP) is 7.36. The SMILES string of the molecule is CC1(C)CC(N2CCCC2)=C(C#N)/C(=C(\C#N)C(=O)Oc2ccc(S(=O)(=O)c3ccc(OC(=O)/C(C#N)=C4\CC(C)(C)CC(N5CCCC5)=C4C#N)cc3)cc2)C1. The molecule has 0 aromatic heterocycles. The first-order chi connectivity index (χ1) is 27.1. The number of nitriles is 4. The Morgan fingerprint density at radius 1 is 0.579 bits per heavy atom. The maximum atomic E-state index is 13.6. The van der Waals surface area contributed by atoms with Crippen molar-refractivity contribution >= 4 is 21.8 Å². The summed E-state index contributed by atoms with van der Waals surface area (Å²) in [5, 5.41) is 40.5. The summed E-state index contributed by atoms with van der Waals surface area (Å²) in [4.78, 5) is 30.9. The maximum absolute atomic E-state index is 13.6. The molecule has 57 heavy (non-hydrogen) atoms. The number of hydrogen-bond acceptors (Lipinski definition) is 12. The van der Waals surface area contributed by atoms with Crippen LogP contribution in [0.2, 0.25) is 0 Å². The quantitative estimate of drug-likeness (QED) is 0.112. The molecule has 2 aliphatic heterocycles. The second-order valence-electron chi connectivity index (χ2n) is 16.4. The van der Waals surface area contributed by atoms with Crippen molar-refractivity contribution < 1.29 is 27.5 Å². The van der Waals surface area contributed by atoms with Crippen LogP contribution in [0.3, 0.4) is 0 Å². The molecule has 4 aliphatic rings. The molecule has 12 nitrogen and oxygen atoms in total. The molecule has 0 spiro atoms. The number of allylic oxidation sites excluding steroid dienone is 6. The van der Waals surface area contributed by atoms with Crippen LogP contribution in [-0.2, 0) is 19.4 Å². The molecule has 2 aromatic carbocycles. The number of rotatable bonds is 8. The summed E-state index contributed by atoms with van der Waals surface area (Å²) < 4.78 is 38.2. The van der Waals surface area contributed by atoms with E-state index in [1.54, 1.807) is 0 Å². The van der Waals surface area contributed by atoms with Crippen LogP contribution in [0.5, 0.6) is 11.5 Å². The summed E-state index contributed by atoms with van der Waals surface area (Å²) in [6.45, 7) is 11.4. The average Bonchev–Trinajstić information content (AvgIpc) is 3.91. The number of sulfone groups is 1. The Labute approximate surface area is 334 Å². The molecule has 2 aliphatic carbocycles. The molecule has 2 heterocycles. The van der Waals surface area contributed by atoms with Gasteiger partial charge in [0.15, 0.2) is 0 Å². The molecule has 2 aromatic rings. The van der Waals surface area contributed by atoms with Gasteiger partial charge in [0.25, 0.3) is 0 Å². The molecule has 0 bridgehead atoms. The largest absolute Gasteiger partial charge is 0.422 e. The van der Waals surface area contributed by atoms with Gasteiger partial charge in [0.1, 0.15) is 46.9 Å². The lowest BCUT2D eigenvalue weighted by atomic mass is 9.72. The molecule has 292 valence electrons. The molecule has 0 saturated carbocycles. The molecule has 2 fully saturated rings. The van der Waals surface area contributed by atoms with E-state index in [0.29, 0.717) is 48.0 Å². The van der Waals surface area contributed by atoms with Gasteiger partial charge in [-0.25, -0.2) is 18.0 Å². The fraction of sp³-hybridized carbons (Fsp3) is 0.409. The van der Waals surface area contributed by atoms with E-state index in [0.717, 1.165) is 63.3 Å². The van der Waals surface area contributed by atoms with E-state index in [4.69, 9.17) is 9.47 Å². The minimum atomic E-state index is -4.08. The van der Waals surface area contributed by atoms with Crippen molar-refractivity contribution in [2.75, 3.05) is 26.2 Å². The summed E-state index contributed by atoms with van der Waals surface area (Å²) >= 11 is 0. The molecule has 0 N–H and O–H groups in total. The van der Waals surface area contributed by atoms with Crippen molar-refractivity contribution in [1.82, 2.24) is 9.80 Å². The van der Waals surface area contributed by atoms with Crippen LogP contribution in [0.25, 0.3) is 0 Å². The highest BCUT2D eigenvalue weighted by atomic mass is 32.2. The Morgan fingerprint density at radius 3 is 1.21 bits per heavy atom. The Hall–Kier alpha value is -6.15. The molecule has 2 saturated heterocycles. The second-order valence-corrected chi connectivity index (χ2v) is 18.4. The molecular formula is C44H44N6O6S. The zero-order chi connectivity index (χ0) is 41.1. The lowest BCUT2D eigenvalue weighted by Gasteiger charge is -2.37. The number of carbonyl (C=O) groups is 2. The highest BCUT2D eigenvalue weighted by Gasteiger charge is 2.38. The standard InChI is InChI=1S/C44H44N6O6S/c1-43(2)21-33(35(25-45)39(23-43)49-17-5-6-18-49)37(27-47)41(51)55-29-9-13-31(14-10-29)57(53,54)32-15-11-30(12-16-32)56-42(52)38(28-48)34-22-44(3,4)24-40(36(34)26-46)50-19-7-8-20-50/h9-16H,5-8,17-24H2,1-4H3/b37-33+,38-34+. The van der Waals surface area contributed by atoms with Crippen LogP contribution in [-0.4, -0.2) is 56.3 Å². The van der Waals surface area contributed by atoms with E-state index in [-0.39, 0.29) is 43.3 Å². The Bertz CT molecular complexity index is 2240. The van der Waals surface area contributed by atoms with Gasteiger partial charge in [-0.15, -0.1) is 0 Å². The molecule has 13 heteroatoms. The van der Waals surface area contributed by atoms with Gasteiger partial charge >= 0.3 is 11.9 Å². The van der Waals surface area contributed by atoms with Gasteiger partial charge in [-0.1, -0.05) is 27.7 Å². The van der Waals surface area contributed by atoms with E-state index in [9.17, 15) is 39.1 Å². The minimum absolute atomic E-state index is 0.0117. The van der Waals surface area contributed by atoms with Crippen LogP contribution in [0.4, 0.5) is 0 Å². The first-order valence-corrected chi connectivity index (χ1v) is 20.5. The van der Waals surface area contributed by atoms with Crippen molar-refractivity contribution in [2.45, 2.75) is 88.9 Å². The first-order valence-electron chi connectivity index (χ1n) is 19.0. The number of hydrogen-bond donors (Lipinski definition) is 0. The van der Waals surface area contributed by atoms with Gasteiger partial charge in [0, 0.05) is 37.6 Å². The summed E-state index contributed by atoms with van der Waals surface area (Å²) in [6, 6.07) is 18.7. The van der Waals surface area contributed by atoms with Gasteiger partial charge < -0.3 is 19.3 Å². The Morgan fingerprint density at radius 2 is 0.912 bits per heavy atom. The van der Waals surface area contributed by atoms with Crippen LogP contribution in [0.1, 0.15) is 79.1 Å². The van der Waals surface area contributed by atoms with Crippen LogP contribution in [0.15, 0.2) is 103 Å². The molecule has 0 radical (unpaired) electrons. The maximum Gasteiger partial charge on any atom is 0.354 e. The Balaban J connectivity index is 1.18. The Kier molecular flexibility index (Phi) is 11.5. The fourth-order valence-corrected chi connectivity index (χ4v) is 9.45. The number of nitrogens with zero attached hydrogens (tertiary/aromatic N) is 6. The van der Waals surface area contributed by atoms with Crippen molar-refractivity contribution in [3.63, 3.8) is 0 Å². The van der Waals surface area contributed by atoms with Gasteiger partial charge in [-0.3, -0.25) is 0 Å². The lowest BCUT2D eigenvalue weighted by molar-refractivity contribution is -0.130. The summed E-state index contributed by atoms with van der Waals surface area (Å²) in [5.41, 5.74) is 1.93. The minimum Gasteiger partial charge on any atom is -0.422 e. The average molecular weight is 785 g/mol. The second kappa shape index (κ2) is 16.1. The predicted molar refractivity (Wildman–Crippen MR) is 208 cm³/mol. The third kappa shape index (κ3) is 8.50. The van der Waals surface area contributed by atoms with Gasteiger partial charge in [0.05, 0.1) is 20.9 Å². The number of ether oxygens (including phenoxy) is 2. The van der Waals surface area contributed by atoms with E-state index in [2.05, 4.69) is 21.9 Å². The summed E-state index contributed by atoms with van der Waals surface area (Å²) in [7, 11) is -4.08. The topological polar surface area (TPSA) is 188 Å². The third-order valence-electron chi connectivity index (χ3n) is 10.9. The molecule has 6 rings (SSSR count). The van der Waals surface area contributed by atoms with Crippen molar-refractivity contribution in [1.29, 1.82) is 21.0 Å². The normalized spacial score (nSPS) is 20.8. The monoisotopic (exact) mass is 784 g/mol. The molecule has 0 atom stereocenters. The van der Waals surface area contributed by atoms with Crippen LogP contribution in [0, 0.1) is 56.2 Å². The van der Waals surface area contributed by atoms with Crippen molar-refractivity contribution in [3.8, 4) is 35.8 Å². The van der Waals surface area contributed by atoms with Crippen LogP contribution < -0.4 is 9.47 Å². The third-order valence-corrected chi connectivity index (χ3v) is 12.7. The lowest BCUT2D eigenvalue weighted by Crippen LogP contribution is -2.30. The number of carbonyl (C=O) groups excluding carboxylic acids is 2. The highest BCUT2D eigenvalue weighted by molar-refractivity contribution is 7.91. The summed E-state index contributed by atoms with van der Waals surface area (Å²) in [5.74, 6) is -1.85. The van der Waals surface area contributed by atoms with Crippen molar-refractivity contribution in [3.05, 3.63) is 93.4 Å². The zero-order valence-electron chi connectivity index (χ0n) is 32.6. The number of likely N-dealkylation sites (tertiary alicyclic amines) is 2. The number of benzene rings is 2. The van der Waals surface area contributed by atoms with Gasteiger partial charge in [0.2, 0.25) is 9.84 Å². The molecule has 0 unspecified atom stereocenters.